The molecule has 0 unspecified atom stereocenters. The number of carbonyl (C=O) groups excluding carboxylic acids is 2. The molecule has 0 fully saturated rings. The van der Waals surface area contributed by atoms with E-state index in [0.717, 1.165) is 0 Å². The van der Waals surface area contributed by atoms with E-state index >= 15 is 0 Å². The van der Waals surface area contributed by atoms with Crippen LogP contribution in [-0.2, 0) is 4.74 Å². The molecule has 0 aromatic heterocycles. The number of ether oxygens (including phenoxy) is 3. The molecule has 0 N–H and O–H groups in total. The van der Waals surface area contributed by atoms with E-state index in [1.54, 1.807) is 36.4 Å². The van der Waals surface area contributed by atoms with Crippen LogP contribution in [0, 0.1) is 0 Å². The molecule has 2 rings (SSSR count). The molecule has 0 saturated carbocycles. The molecule has 0 radical (unpaired) electrons. The fraction of sp³-hybridized carbons (Fsp3) is 0.125. The third kappa shape index (κ3) is 3.90. The van der Waals surface area contributed by atoms with E-state index in [1.807, 2.05) is 0 Å². The second kappa shape index (κ2) is 7.21. The zero-order valence-corrected chi connectivity index (χ0v) is 11.4. The van der Waals surface area contributed by atoms with Crippen LogP contribution in [-0.4, -0.2) is 26.2 Å². The SMILES string of the molecule is COCOc1ccc(C=O)c(OC(=O)c2ccccc2)c1. The van der Waals surface area contributed by atoms with Gasteiger partial charge < -0.3 is 14.2 Å². The van der Waals surface area contributed by atoms with E-state index in [1.165, 1.54) is 19.2 Å². The zero-order chi connectivity index (χ0) is 15.1. The van der Waals surface area contributed by atoms with Crippen LogP contribution in [0.4, 0.5) is 0 Å². The van der Waals surface area contributed by atoms with Gasteiger partial charge in [-0.25, -0.2) is 4.79 Å². The van der Waals surface area contributed by atoms with Crippen molar-refractivity contribution >= 4 is 12.3 Å². The van der Waals surface area contributed by atoms with Crippen molar-refractivity contribution in [2.45, 2.75) is 0 Å². The maximum atomic E-state index is 12.0. The molecule has 0 atom stereocenters. The topological polar surface area (TPSA) is 61.8 Å². The van der Waals surface area contributed by atoms with Crippen LogP contribution in [0.5, 0.6) is 11.5 Å². The van der Waals surface area contributed by atoms with Gasteiger partial charge in [-0.3, -0.25) is 4.79 Å². The Bertz CT molecular complexity index is 622. The minimum absolute atomic E-state index is 0.0620. The molecular weight excluding hydrogens is 272 g/mol. The monoisotopic (exact) mass is 286 g/mol. The summed E-state index contributed by atoms with van der Waals surface area (Å²) in [6, 6.07) is 13.1. The molecule has 0 aliphatic rings. The summed E-state index contributed by atoms with van der Waals surface area (Å²) >= 11 is 0. The number of hydrogen-bond donors (Lipinski definition) is 0. The first-order chi connectivity index (χ1) is 10.2. The molecule has 0 heterocycles. The summed E-state index contributed by atoms with van der Waals surface area (Å²) in [7, 11) is 1.50. The Morgan fingerprint density at radius 3 is 2.57 bits per heavy atom. The summed E-state index contributed by atoms with van der Waals surface area (Å²) < 4.78 is 15.3. The number of hydrogen-bond acceptors (Lipinski definition) is 5. The van der Waals surface area contributed by atoms with Crippen molar-refractivity contribution in [3.05, 3.63) is 59.7 Å². The van der Waals surface area contributed by atoms with Crippen molar-refractivity contribution in [2.75, 3.05) is 13.9 Å². The third-order valence-electron chi connectivity index (χ3n) is 2.67. The Morgan fingerprint density at radius 1 is 1.14 bits per heavy atom. The molecule has 2 aromatic rings. The fourth-order valence-electron chi connectivity index (χ4n) is 1.65. The molecule has 0 bridgehead atoms. The zero-order valence-electron chi connectivity index (χ0n) is 11.4. The van der Waals surface area contributed by atoms with Crippen LogP contribution < -0.4 is 9.47 Å². The number of methoxy groups -OCH3 is 1. The molecule has 21 heavy (non-hydrogen) atoms. The van der Waals surface area contributed by atoms with Gasteiger partial charge in [-0.15, -0.1) is 0 Å². The van der Waals surface area contributed by atoms with Gasteiger partial charge >= 0.3 is 5.97 Å². The largest absolute Gasteiger partial charge is 0.467 e. The molecule has 0 amide bonds. The second-order valence-electron chi connectivity index (χ2n) is 4.12. The van der Waals surface area contributed by atoms with Crippen molar-refractivity contribution in [3.8, 4) is 11.5 Å². The van der Waals surface area contributed by atoms with Crippen molar-refractivity contribution in [2.24, 2.45) is 0 Å². The molecule has 0 spiro atoms. The lowest BCUT2D eigenvalue weighted by Crippen LogP contribution is -2.10. The van der Waals surface area contributed by atoms with Crippen molar-refractivity contribution in [1.82, 2.24) is 0 Å². The molecule has 5 heteroatoms. The smallest absolute Gasteiger partial charge is 0.343 e. The Labute approximate surface area is 122 Å². The highest BCUT2D eigenvalue weighted by Gasteiger charge is 2.12. The normalized spacial score (nSPS) is 9.95. The van der Waals surface area contributed by atoms with Gasteiger partial charge in [0.25, 0.3) is 0 Å². The Hall–Kier alpha value is -2.66. The van der Waals surface area contributed by atoms with Crippen molar-refractivity contribution in [3.63, 3.8) is 0 Å². The maximum Gasteiger partial charge on any atom is 0.343 e. The average molecular weight is 286 g/mol. The van der Waals surface area contributed by atoms with Gasteiger partial charge in [-0.2, -0.15) is 0 Å². The lowest BCUT2D eigenvalue weighted by Gasteiger charge is -2.10. The molecule has 2 aromatic carbocycles. The molecule has 0 aliphatic heterocycles. The highest BCUT2D eigenvalue weighted by molar-refractivity contribution is 5.92. The van der Waals surface area contributed by atoms with E-state index in [0.29, 0.717) is 17.6 Å². The fourth-order valence-corrected chi connectivity index (χ4v) is 1.65. The van der Waals surface area contributed by atoms with Crippen LogP contribution in [0.3, 0.4) is 0 Å². The number of benzene rings is 2. The summed E-state index contributed by atoms with van der Waals surface area (Å²) in [6.07, 6.45) is 0.619. The highest BCUT2D eigenvalue weighted by Crippen LogP contribution is 2.24. The first-order valence-corrected chi connectivity index (χ1v) is 6.23. The lowest BCUT2D eigenvalue weighted by atomic mass is 10.2. The summed E-state index contributed by atoms with van der Waals surface area (Å²) in [5, 5.41) is 0. The predicted octanol–water partition coefficient (Wildman–Crippen LogP) is 2.70. The molecule has 0 aliphatic carbocycles. The number of esters is 1. The Kier molecular flexibility index (Phi) is 5.06. The van der Waals surface area contributed by atoms with Gasteiger partial charge in [0.05, 0.1) is 11.1 Å². The second-order valence-corrected chi connectivity index (χ2v) is 4.12. The summed E-state index contributed by atoms with van der Waals surface area (Å²) in [5.74, 6) is 0.0494. The van der Waals surface area contributed by atoms with Gasteiger partial charge in [0.1, 0.15) is 11.5 Å². The van der Waals surface area contributed by atoms with Crippen molar-refractivity contribution in [1.29, 1.82) is 0 Å². The minimum Gasteiger partial charge on any atom is -0.467 e. The van der Waals surface area contributed by atoms with Gasteiger partial charge in [0, 0.05) is 13.2 Å². The predicted molar refractivity (Wildman–Crippen MR) is 75.7 cm³/mol. The van der Waals surface area contributed by atoms with Gasteiger partial charge in [-0.1, -0.05) is 18.2 Å². The number of aldehydes is 1. The summed E-state index contributed by atoms with van der Waals surface area (Å²) in [6.45, 7) is 0.0620. The van der Waals surface area contributed by atoms with E-state index in [4.69, 9.17) is 14.2 Å². The molecule has 108 valence electrons. The van der Waals surface area contributed by atoms with Crippen LogP contribution in [0.1, 0.15) is 20.7 Å². The average Bonchev–Trinajstić information content (AvgIpc) is 2.54. The Balaban J connectivity index is 2.21. The van der Waals surface area contributed by atoms with Gasteiger partial charge in [0.15, 0.2) is 13.1 Å². The minimum atomic E-state index is -0.539. The van der Waals surface area contributed by atoms with E-state index in [-0.39, 0.29) is 18.1 Å². The highest BCUT2D eigenvalue weighted by atomic mass is 16.7. The van der Waals surface area contributed by atoms with Gasteiger partial charge in [-0.05, 0) is 24.3 Å². The third-order valence-corrected chi connectivity index (χ3v) is 2.67. The Morgan fingerprint density at radius 2 is 1.90 bits per heavy atom. The van der Waals surface area contributed by atoms with Crippen LogP contribution in [0.2, 0.25) is 0 Å². The van der Waals surface area contributed by atoms with Crippen molar-refractivity contribution < 1.29 is 23.8 Å². The van der Waals surface area contributed by atoms with E-state index < -0.39 is 5.97 Å². The van der Waals surface area contributed by atoms with Crippen LogP contribution in [0.25, 0.3) is 0 Å². The van der Waals surface area contributed by atoms with E-state index in [2.05, 4.69) is 0 Å². The van der Waals surface area contributed by atoms with Crippen LogP contribution >= 0.6 is 0 Å². The van der Waals surface area contributed by atoms with Gasteiger partial charge in [0.2, 0.25) is 0 Å². The van der Waals surface area contributed by atoms with Crippen LogP contribution in [0.15, 0.2) is 48.5 Å². The van der Waals surface area contributed by atoms with E-state index in [9.17, 15) is 9.59 Å². The number of rotatable bonds is 6. The lowest BCUT2D eigenvalue weighted by molar-refractivity contribution is 0.0508. The summed E-state index contributed by atoms with van der Waals surface area (Å²) in [5.41, 5.74) is 0.668. The molecule has 0 saturated heterocycles. The molecular formula is C16H14O5. The molecule has 5 nitrogen and oxygen atoms in total. The number of carbonyl (C=O) groups is 2. The summed E-state index contributed by atoms with van der Waals surface area (Å²) in [4.78, 5) is 23.0. The first-order valence-electron chi connectivity index (χ1n) is 6.23. The standard InChI is InChI=1S/C16H14O5/c1-19-11-20-14-8-7-13(10-17)15(9-14)21-16(18)12-5-3-2-4-6-12/h2-10H,11H2,1H3. The maximum absolute atomic E-state index is 12.0. The first kappa shape index (κ1) is 14.7. The quantitative estimate of drug-likeness (QED) is 0.353.